The van der Waals surface area contributed by atoms with Crippen LogP contribution in [0.1, 0.15) is 15.9 Å². The summed E-state index contributed by atoms with van der Waals surface area (Å²) in [6, 6.07) is 8.53. The van der Waals surface area contributed by atoms with Gasteiger partial charge in [0.2, 0.25) is 5.95 Å². The molecule has 1 aromatic heterocycles. The fraction of sp³-hybridized carbons (Fsp3) is 0.312. The van der Waals surface area contributed by atoms with Gasteiger partial charge in [-0.05, 0) is 19.1 Å². The predicted molar refractivity (Wildman–Crippen MR) is 86.9 cm³/mol. The Morgan fingerprint density at radius 2 is 1.61 bits per heavy atom. The second-order valence-electron chi connectivity index (χ2n) is 5.52. The summed E-state index contributed by atoms with van der Waals surface area (Å²) in [5, 5.41) is 8.59. The number of aryl methyl sites for hydroxylation is 1. The summed E-state index contributed by atoms with van der Waals surface area (Å²) < 4.78 is 0. The van der Waals surface area contributed by atoms with Crippen LogP contribution in [0.2, 0.25) is 0 Å². The zero-order chi connectivity index (χ0) is 16.2. The molecule has 1 fully saturated rings. The van der Waals surface area contributed by atoms with Crippen molar-refractivity contribution in [2.45, 2.75) is 6.92 Å². The Bertz CT molecular complexity index is 664. The third kappa shape index (κ3) is 3.40. The van der Waals surface area contributed by atoms with Crippen molar-refractivity contribution >= 4 is 17.5 Å². The van der Waals surface area contributed by atoms with E-state index in [2.05, 4.69) is 51.0 Å². The summed E-state index contributed by atoms with van der Waals surface area (Å²) in [5.74, 6) is -0.0104. The Kier molecular flexibility index (Phi) is 4.38. The number of hydrogen-bond acceptors (Lipinski definition) is 6. The van der Waals surface area contributed by atoms with E-state index in [1.54, 1.807) is 5.48 Å². The maximum absolute atomic E-state index is 11.3. The maximum atomic E-state index is 11.3. The Hall–Kier alpha value is -2.67. The number of carbonyl (C=O) groups excluding carboxylic acids is 1. The van der Waals surface area contributed by atoms with Crippen molar-refractivity contribution in [3.8, 4) is 0 Å². The van der Waals surface area contributed by atoms with Crippen LogP contribution in [0.4, 0.5) is 11.6 Å². The first-order valence-corrected chi connectivity index (χ1v) is 7.50. The van der Waals surface area contributed by atoms with Crippen LogP contribution >= 0.6 is 0 Å². The van der Waals surface area contributed by atoms with Gasteiger partial charge >= 0.3 is 0 Å². The van der Waals surface area contributed by atoms with Crippen molar-refractivity contribution in [2.24, 2.45) is 0 Å². The molecule has 0 atom stereocenters. The normalized spacial score (nSPS) is 14.7. The Labute approximate surface area is 134 Å². The van der Waals surface area contributed by atoms with Gasteiger partial charge in [-0.2, -0.15) is 0 Å². The number of anilines is 2. The summed E-state index contributed by atoms with van der Waals surface area (Å²) in [5.41, 5.74) is 4.29. The summed E-state index contributed by atoms with van der Waals surface area (Å²) in [7, 11) is 0. The number of amides is 1. The number of aromatic nitrogens is 2. The van der Waals surface area contributed by atoms with Gasteiger partial charge in [0.1, 0.15) is 0 Å². The standard InChI is InChI=1S/C16H19N5O2/c1-12-2-4-14(5-3-12)20-6-8-21(9-7-20)16-17-10-13(11-18-16)15(22)19-23/h2-5,10-11,23H,6-9H2,1H3,(H,19,22). The van der Waals surface area contributed by atoms with Crippen LogP contribution in [0.15, 0.2) is 36.7 Å². The largest absolute Gasteiger partial charge is 0.368 e. The van der Waals surface area contributed by atoms with E-state index in [1.165, 1.54) is 23.6 Å². The average Bonchev–Trinajstić information content (AvgIpc) is 2.62. The lowest BCUT2D eigenvalue weighted by Gasteiger charge is -2.36. The number of benzene rings is 1. The second kappa shape index (κ2) is 6.62. The van der Waals surface area contributed by atoms with Crippen molar-refractivity contribution < 1.29 is 10.0 Å². The van der Waals surface area contributed by atoms with E-state index >= 15 is 0 Å². The fourth-order valence-electron chi connectivity index (χ4n) is 2.59. The van der Waals surface area contributed by atoms with Crippen LogP contribution in [0.5, 0.6) is 0 Å². The summed E-state index contributed by atoms with van der Waals surface area (Å²) in [6.45, 7) is 5.51. The SMILES string of the molecule is Cc1ccc(N2CCN(c3ncc(C(=O)NO)cn3)CC2)cc1. The minimum atomic E-state index is -0.610. The third-order valence-corrected chi connectivity index (χ3v) is 3.96. The van der Waals surface area contributed by atoms with Gasteiger partial charge in [0, 0.05) is 44.3 Å². The highest BCUT2D eigenvalue weighted by molar-refractivity contribution is 5.92. The first kappa shape index (κ1) is 15.2. The molecule has 23 heavy (non-hydrogen) atoms. The van der Waals surface area contributed by atoms with Crippen molar-refractivity contribution in [2.75, 3.05) is 36.0 Å². The maximum Gasteiger partial charge on any atom is 0.277 e. The quantitative estimate of drug-likeness (QED) is 0.655. The van der Waals surface area contributed by atoms with Gasteiger partial charge in [-0.1, -0.05) is 17.7 Å². The molecule has 7 heteroatoms. The van der Waals surface area contributed by atoms with Crippen LogP contribution in [0.25, 0.3) is 0 Å². The zero-order valence-corrected chi connectivity index (χ0v) is 12.9. The molecule has 1 amide bonds. The second-order valence-corrected chi connectivity index (χ2v) is 5.52. The number of carbonyl (C=O) groups is 1. The fourth-order valence-corrected chi connectivity index (χ4v) is 2.59. The third-order valence-electron chi connectivity index (χ3n) is 3.96. The summed E-state index contributed by atoms with van der Waals surface area (Å²) in [4.78, 5) is 24.1. The molecule has 120 valence electrons. The molecule has 0 bridgehead atoms. The monoisotopic (exact) mass is 313 g/mol. The number of hydrogen-bond donors (Lipinski definition) is 2. The van der Waals surface area contributed by atoms with E-state index in [0.717, 1.165) is 26.2 Å². The lowest BCUT2D eigenvalue weighted by Crippen LogP contribution is -2.47. The lowest BCUT2D eigenvalue weighted by atomic mass is 10.2. The lowest BCUT2D eigenvalue weighted by molar-refractivity contribution is 0.0705. The average molecular weight is 313 g/mol. The van der Waals surface area contributed by atoms with Gasteiger partial charge in [0.15, 0.2) is 0 Å². The molecule has 0 radical (unpaired) electrons. The first-order valence-electron chi connectivity index (χ1n) is 7.50. The molecule has 1 saturated heterocycles. The van der Waals surface area contributed by atoms with E-state index < -0.39 is 5.91 Å². The number of rotatable bonds is 3. The number of nitrogens with zero attached hydrogens (tertiary/aromatic N) is 4. The van der Waals surface area contributed by atoms with E-state index in [0.29, 0.717) is 5.95 Å². The molecule has 0 spiro atoms. The van der Waals surface area contributed by atoms with E-state index in [-0.39, 0.29) is 5.56 Å². The zero-order valence-electron chi connectivity index (χ0n) is 12.9. The van der Waals surface area contributed by atoms with Gasteiger partial charge in [-0.3, -0.25) is 10.0 Å². The van der Waals surface area contributed by atoms with Crippen LogP contribution in [0.3, 0.4) is 0 Å². The molecule has 1 aliphatic heterocycles. The number of nitrogens with one attached hydrogen (secondary N) is 1. The number of hydroxylamine groups is 1. The van der Waals surface area contributed by atoms with Crippen LogP contribution < -0.4 is 15.3 Å². The van der Waals surface area contributed by atoms with Crippen molar-refractivity contribution in [3.05, 3.63) is 47.8 Å². The molecule has 2 heterocycles. The van der Waals surface area contributed by atoms with Crippen LogP contribution in [-0.4, -0.2) is 47.3 Å². The highest BCUT2D eigenvalue weighted by atomic mass is 16.5. The molecule has 0 saturated carbocycles. The summed E-state index contributed by atoms with van der Waals surface area (Å²) >= 11 is 0. The molecule has 7 nitrogen and oxygen atoms in total. The van der Waals surface area contributed by atoms with Gasteiger partial charge in [-0.25, -0.2) is 15.4 Å². The molecular formula is C16H19N5O2. The minimum absolute atomic E-state index is 0.231. The van der Waals surface area contributed by atoms with Crippen LogP contribution in [-0.2, 0) is 0 Å². The molecular weight excluding hydrogens is 294 g/mol. The van der Waals surface area contributed by atoms with E-state index in [4.69, 9.17) is 5.21 Å². The van der Waals surface area contributed by atoms with Gasteiger partial charge in [0.05, 0.1) is 5.56 Å². The van der Waals surface area contributed by atoms with Gasteiger partial charge in [-0.15, -0.1) is 0 Å². The highest BCUT2D eigenvalue weighted by Crippen LogP contribution is 2.18. The van der Waals surface area contributed by atoms with E-state index in [1.807, 2.05) is 0 Å². The highest BCUT2D eigenvalue weighted by Gasteiger charge is 2.19. The van der Waals surface area contributed by atoms with Crippen molar-refractivity contribution in [1.82, 2.24) is 15.4 Å². The molecule has 0 aliphatic carbocycles. The smallest absolute Gasteiger partial charge is 0.277 e. The first-order chi connectivity index (χ1) is 11.2. The molecule has 2 N–H and O–H groups in total. The van der Waals surface area contributed by atoms with Gasteiger partial charge in [0.25, 0.3) is 5.91 Å². The molecule has 2 aromatic rings. The Morgan fingerprint density at radius 3 is 2.17 bits per heavy atom. The van der Waals surface area contributed by atoms with Crippen molar-refractivity contribution in [1.29, 1.82) is 0 Å². The van der Waals surface area contributed by atoms with Crippen molar-refractivity contribution in [3.63, 3.8) is 0 Å². The number of piperazine rings is 1. The van der Waals surface area contributed by atoms with Gasteiger partial charge < -0.3 is 9.80 Å². The van der Waals surface area contributed by atoms with Crippen LogP contribution in [0, 0.1) is 6.92 Å². The molecule has 0 unspecified atom stereocenters. The Balaban J connectivity index is 1.62. The molecule has 3 rings (SSSR count). The van der Waals surface area contributed by atoms with E-state index in [9.17, 15) is 4.79 Å². The molecule has 1 aliphatic rings. The Morgan fingerprint density at radius 1 is 1.04 bits per heavy atom. The topological polar surface area (TPSA) is 81.6 Å². The minimum Gasteiger partial charge on any atom is -0.368 e. The predicted octanol–water partition coefficient (Wildman–Crippen LogP) is 1.23. The summed E-state index contributed by atoms with van der Waals surface area (Å²) in [6.07, 6.45) is 2.83. The molecule has 1 aromatic carbocycles.